The summed E-state index contributed by atoms with van der Waals surface area (Å²) in [6.45, 7) is 1.27. The van der Waals surface area contributed by atoms with E-state index < -0.39 is 24.3 Å². The number of fused-ring (bicyclic) bond motifs is 1. The summed E-state index contributed by atoms with van der Waals surface area (Å²) in [6.07, 6.45) is -0.0552. The number of hydrogen-bond acceptors (Lipinski definition) is 4. The minimum absolute atomic E-state index is 0.0552. The van der Waals surface area contributed by atoms with Crippen molar-refractivity contribution in [1.82, 2.24) is 9.13 Å². The largest absolute Gasteiger partial charge is 0.456 e. The molecule has 2 aromatic carbocycles. The lowest BCUT2D eigenvalue weighted by Crippen LogP contribution is -2.25. The minimum Gasteiger partial charge on any atom is -0.456 e. The lowest BCUT2D eigenvalue weighted by molar-refractivity contribution is -0.147. The second kappa shape index (κ2) is 8.08. The fourth-order valence-electron chi connectivity index (χ4n) is 2.87. The first-order chi connectivity index (χ1) is 13.4. The van der Waals surface area contributed by atoms with Gasteiger partial charge in [0, 0.05) is 19.3 Å². The van der Waals surface area contributed by atoms with Gasteiger partial charge in [-0.1, -0.05) is 18.2 Å². The molecule has 1 heterocycles. The summed E-state index contributed by atoms with van der Waals surface area (Å²) in [4.78, 5) is 36.1. The van der Waals surface area contributed by atoms with Gasteiger partial charge in [-0.15, -0.1) is 0 Å². The molecule has 28 heavy (non-hydrogen) atoms. The SMILES string of the molecule is Cc1ccc(NC(=O)COC(=O)CCn2c(=O)n(C)c3ccccc32)cc1F. The first-order valence-electron chi connectivity index (χ1n) is 8.72. The van der Waals surface area contributed by atoms with Gasteiger partial charge in [0.1, 0.15) is 5.82 Å². The van der Waals surface area contributed by atoms with Gasteiger partial charge in [-0.05, 0) is 36.8 Å². The quantitative estimate of drug-likeness (QED) is 0.661. The number of imidazole rings is 1. The van der Waals surface area contributed by atoms with Gasteiger partial charge in [0.25, 0.3) is 5.91 Å². The summed E-state index contributed by atoms with van der Waals surface area (Å²) in [5.41, 5.74) is 2.01. The number of aryl methyl sites for hydroxylation is 3. The van der Waals surface area contributed by atoms with Crippen molar-refractivity contribution in [3.05, 3.63) is 64.3 Å². The number of nitrogens with one attached hydrogen (secondary N) is 1. The number of anilines is 1. The van der Waals surface area contributed by atoms with Crippen LogP contribution in [0.3, 0.4) is 0 Å². The highest BCUT2D eigenvalue weighted by atomic mass is 19.1. The second-order valence-electron chi connectivity index (χ2n) is 6.40. The number of carbonyl (C=O) groups is 2. The molecular formula is C20H20FN3O4. The standard InChI is InChI=1S/C20H20FN3O4/c1-13-7-8-14(11-15(13)21)22-18(25)12-28-19(26)9-10-24-17-6-4-3-5-16(17)23(2)20(24)27/h3-8,11H,9-10,12H2,1-2H3,(H,22,25). The van der Waals surface area contributed by atoms with Gasteiger partial charge < -0.3 is 10.1 Å². The number of rotatable bonds is 6. The van der Waals surface area contributed by atoms with Crippen LogP contribution in [0.1, 0.15) is 12.0 Å². The average molecular weight is 385 g/mol. The maximum Gasteiger partial charge on any atom is 0.328 e. The van der Waals surface area contributed by atoms with Crippen LogP contribution in [-0.2, 0) is 27.9 Å². The summed E-state index contributed by atoms with van der Waals surface area (Å²) in [6, 6.07) is 11.6. The van der Waals surface area contributed by atoms with Crippen molar-refractivity contribution in [3.8, 4) is 0 Å². The maximum absolute atomic E-state index is 13.5. The average Bonchev–Trinajstić information content (AvgIpc) is 2.92. The molecule has 0 fully saturated rings. The lowest BCUT2D eigenvalue weighted by atomic mass is 10.2. The van der Waals surface area contributed by atoms with Crippen LogP contribution >= 0.6 is 0 Å². The summed E-state index contributed by atoms with van der Waals surface area (Å²) in [7, 11) is 1.66. The predicted molar refractivity (Wildman–Crippen MR) is 103 cm³/mol. The molecule has 0 aliphatic heterocycles. The van der Waals surface area contributed by atoms with E-state index in [1.165, 1.54) is 15.2 Å². The Morgan fingerprint density at radius 2 is 1.86 bits per heavy atom. The number of aromatic nitrogens is 2. The monoisotopic (exact) mass is 385 g/mol. The van der Waals surface area contributed by atoms with E-state index in [2.05, 4.69) is 5.32 Å². The van der Waals surface area contributed by atoms with Crippen LogP contribution in [0.4, 0.5) is 10.1 Å². The third-order valence-electron chi connectivity index (χ3n) is 4.41. The summed E-state index contributed by atoms with van der Waals surface area (Å²) in [5, 5.41) is 2.46. The van der Waals surface area contributed by atoms with Crippen LogP contribution in [-0.4, -0.2) is 27.6 Å². The van der Waals surface area contributed by atoms with Crippen molar-refractivity contribution in [3.63, 3.8) is 0 Å². The van der Waals surface area contributed by atoms with Crippen molar-refractivity contribution in [2.75, 3.05) is 11.9 Å². The van der Waals surface area contributed by atoms with Crippen molar-refractivity contribution in [1.29, 1.82) is 0 Å². The molecule has 0 radical (unpaired) electrons. The number of halogens is 1. The van der Waals surface area contributed by atoms with E-state index in [1.807, 2.05) is 18.2 Å². The number of hydrogen-bond donors (Lipinski definition) is 1. The molecule has 0 saturated heterocycles. The number of amides is 1. The Balaban J connectivity index is 1.54. The van der Waals surface area contributed by atoms with E-state index >= 15 is 0 Å². The van der Waals surface area contributed by atoms with E-state index in [0.717, 1.165) is 11.0 Å². The number of carbonyl (C=O) groups excluding carboxylic acids is 2. The van der Waals surface area contributed by atoms with Gasteiger partial charge in [-0.2, -0.15) is 0 Å². The second-order valence-corrected chi connectivity index (χ2v) is 6.40. The smallest absolute Gasteiger partial charge is 0.328 e. The third-order valence-corrected chi connectivity index (χ3v) is 4.41. The van der Waals surface area contributed by atoms with Crippen LogP contribution in [0.25, 0.3) is 11.0 Å². The molecule has 3 rings (SSSR count). The van der Waals surface area contributed by atoms with Crippen LogP contribution in [0.15, 0.2) is 47.3 Å². The molecule has 0 aliphatic carbocycles. The highest BCUT2D eigenvalue weighted by molar-refractivity contribution is 5.92. The topological polar surface area (TPSA) is 82.3 Å². The van der Waals surface area contributed by atoms with Crippen molar-refractivity contribution >= 4 is 28.6 Å². The van der Waals surface area contributed by atoms with Gasteiger partial charge >= 0.3 is 11.7 Å². The van der Waals surface area contributed by atoms with Gasteiger partial charge in [0.2, 0.25) is 0 Å². The van der Waals surface area contributed by atoms with E-state index in [0.29, 0.717) is 5.56 Å². The van der Waals surface area contributed by atoms with Crippen molar-refractivity contribution < 1.29 is 18.7 Å². The summed E-state index contributed by atoms with van der Waals surface area (Å²) < 4.78 is 21.4. The molecule has 0 atom stereocenters. The molecule has 146 valence electrons. The number of benzene rings is 2. The molecule has 1 aromatic heterocycles. The molecule has 1 N–H and O–H groups in total. The van der Waals surface area contributed by atoms with Gasteiger partial charge in [0.15, 0.2) is 6.61 Å². The fraction of sp³-hybridized carbons (Fsp3) is 0.250. The number of esters is 1. The van der Waals surface area contributed by atoms with Crippen molar-refractivity contribution in [2.45, 2.75) is 19.9 Å². The Bertz CT molecular complexity index is 1100. The molecular weight excluding hydrogens is 365 g/mol. The molecule has 0 aliphatic rings. The van der Waals surface area contributed by atoms with Crippen molar-refractivity contribution in [2.24, 2.45) is 7.05 Å². The molecule has 3 aromatic rings. The Labute approximate surface area is 160 Å². The van der Waals surface area contributed by atoms with Crippen LogP contribution in [0.2, 0.25) is 0 Å². The number of para-hydroxylation sites is 2. The van der Waals surface area contributed by atoms with Crippen LogP contribution < -0.4 is 11.0 Å². The number of ether oxygens (including phenoxy) is 1. The highest BCUT2D eigenvalue weighted by Crippen LogP contribution is 2.14. The zero-order valence-electron chi connectivity index (χ0n) is 15.6. The molecule has 0 saturated carbocycles. The lowest BCUT2D eigenvalue weighted by Gasteiger charge is -2.08. The summed E-state index contributed by atoms with van der Waals surface area (Å²) in [5.74, 6) is -1.61. The highest BCUT2D eigenvalue weighted by Gasteiger charge is 2.13. The summed E-state index contributed by atoms with van der Waals surface area (Å²) >= 11 is 0. The van der Waals surface area contributed by atoms with E-state index in [4.69, 9.17) is 4.74 Å². The zero-order valence-corrected chi connectivity index (χ0v) is 15.6. The van der Waals surface area contributed by atoms with E-state index in [9.17, 15) is 18.8 Å². The predicted octanol–water partition coefficient (Wildman–Crippen LogP) is 2.36. The van der Waals surface area contributed by atoms with Crippen LogP contribution in [0, 0.1) is 12.7 Å². The van der Waals surface area contributed by atoms with Gasteiger partial charge in [-0.25, -0.2) is 9.18 Å². The van der Waals surface area contributed by atoms with Gasteiger partial charge in [-0.3, -0.25) is 18.7 Å². The third kappa shape index (κ3) is 4.11. The molecule has 0 bridgehead atoms. The van der Waals surface area contributed by atoms with E-state index in [1.54, 1.807) is 32.2 Å². The Morgan fingerprint density at radius 3 is 2.57 bits per heavy atom. The molecule has 0 spiro atoms. The van der Waals surface area contributed by atoms with Crippen LogP contribution in [0.5, 0.6) is 0 Å². The molecule has 7 nitrogen and oxygen atoms in total. The number of nitrogens with zero attached hydrogens (tertiary/aromatic N) is 2. The Kier molecular flexibility index (Phi) is 5.58. The van der Waals surface area contributed by atoms with Gasteiger partial charge in [0.05, 0.1) is 17.5 Å². The minimum atomic E-state index is -0.606. The first kappa shape index (κ1) is 19.3. The molecule has 8 heteroatoms. The Morgan fingerprint density at radius 1 is 1.14 bits per heavy atom. The molecule has 0 unspecified atom stereocenters. The maximum atomic E-state index is 13.5. The normalized spacial score (nSPS) is 10.8. The fourth-order valence-corrected chi connectivity index (χ4v) is 2.87. The Hall–Kier alpha value is -3.42. The zero-order chi connectivity index (χ0) is 20.3. The van der Waals surface area contributed by atoms with E-state index in [-0.39, 0.29) is 24.3 Å². The first-order valence-corrected chi connectivity index (χ1v) is 8.72. The molecule has 1 amide bonds.